The molecule has 0 spiro atoms. The Balaban J connectivity index is 1.93. The zero-order chi connectivity index (χ0) is 13.7. The van der Waals surface area contributed by atoms with E-state index in [1.807, 2.05) is 28.9 Å². The summed E-state index contributed by atoms with van der Waals surface area (Å²) in [7, 11) is 0. The summed E-state index contributed by atoms with van der Waals surface area (Å²) in [5.41, 5.74) is 6.41. The van der Waals surface area contributed by atoms with Crippen molar-refractivity contribution in [3.8, 4) is 5.75 Å². The Hall–Kier alpha value is -2.04. The molecule has 0 radical (unpaired) electrons. The highest BCUT2D eigenvalue weighted by atomic mass is 16.5. The van der Waals surface area contributed by atoms with E-state index >= 15 is 0 Å². The lowest BCUT2D eigenvalue weighted by atomic mass is 10.3. The first kappa shape index (κ1) is 13.4. The summed E-state index contributed by atoms with van der Waals surface area (Å²) in [6.07, 6.45) is 1.74. The zero-order valence-electron chi connectivity index (χ0n) is 11.5. The summed E-state index contributed by atoms with van der Waals surface area (Å²) in [4.78, 5) is 4.46. The molecule has 5 nitrogen and oxygen atoms in total. The Morgan fingerprint density at radius 3 is 2.79 bits per heavy atom. The van der Waals surface area contributed by atoms with Crippen molar-refractivity contribution in [2.24, 2.45) is 0 Å². The molecule has 0 aliphatic heterocycles. The van der Waals surface area contributed by atoms with Gasteiger partial charge < -0.3 is 10.5 Å². The topological polar surface area (TPSA) is 66.0 Å². The normalized spacial score (nSPS) is 10.6. The molecule has 0 aliphatic rings. The molecule has 102 valence electrons. The average Bonchev–Trinajstić information content (AvgIpc) is 2.81. The maximum absolute atomic E-state index is 5.70. The lowest BCUT2D eigenvalue weighted by molar-refractivity contribution is 0.288. The van der Waals surface area contributed by atoms with E-state index < -0.39 is 0 Å². The molecule has 0 bridgehead atoms. The Morgan fingerprint density at radius 2 is 2.11 bits per heavy atom. The van der Waals surface area contributed by atoms with Crippen LogP contribution in [0.3, 0.4) is 0 Å². The van der Waals surface area contributed by atoms with Crippen molar-refractivity contribution < 1.29 is 4.74 Å². The number of nitrogen functional groups attached to an aromatic ring is 1. The van der Waals surface area contributed by atoms with Gasteiger partial charge in [-0.05, 0) is 12.1 Å². The van der Waals surface area contributed by atoms with E-state index in [0.717, 1.165) is 30.2 Å². The van der Waals surface area contributed by atoms with E-state index in [-0.39, 0.29) is 0 Å². The average molecular weight is 260 g/mol. The van der Waals surface area contributed by atoms with Crippen LogP contribution in [0.25, 0.3) is 0 Å². The molecule has 5 heteroatoms. The van der Waals surface area contributed by atoms with Crippen LogP contribution in [-0.2, 0) is 19.4 Å². The first-order valence-electron chi connectivity index (χ1n) is 6.63. The number of nitrogens with zero attached hydrogens (tertiary/aromatic N) is 3. The highest BCUT2D eigenvalue weighted by Crippen LogP contribution is 2.14. The fraction of sp³-hybridized carbons (Fsp3) is 0.429. The van der Waals surface area contributed by atoms with E-state index in [2.05, 4.69) is 23.9 Å². The molecule has 0 saturated carbocycles. The lowest BCUT2D eigenvalue weighted by Crippen LogP contribution is -2.12. The molecule has 0 unspecified atom stereocenters. The number of benzene rings is 1. The van der Waals surface area contributed by atoms with Crippen molar-refractivity contribution in [1.82, 2.24) is 14.8 Å². The van der Waals surface area contributed by atoms with Crippen molar-refractivity contribution in [3.05, 3.63) is 35.9 Å². The van der Waals surface area contributed by atoms with Gasteiger partial charge in [-0.25, -0.2) is 9.67 Å². The number of hydrogen-bond donors (Lipinski definition) is 1. The van der Waals surface area contributed by atoms with Crippen molar-refractivity contribution in [2.75, 3.05) is 12.3 Å². The lowest BCUT2D eigenvalue weighted by Gasteiger charge is -2.08. The van der Waals surface area contributed by atoms with Crippen LogP contribution in [0.1, 0.15) is 25.5 Å². The summed E-state index contributed by atoms with van der Waals surface area (Å²) >= 11 is 0. The van der Waals surface area contributed by atoms with Gasteiger partial charge in [0.15, 0.2) is 5.82 Å². The zero-order valence-corrected chi connectivity index (χ0v) is 11.5. The number of nitrogens with two attached hydrogens (primary N) is 1. The van der Waals surface area contributed by atoms with Crippen molar-refractivity contribution in [3.63, 3.8) is 0 Å². The molecule has 0 atom stereocenters. The maximum atomic E-state index is 5.70. The number of aromatic nitrogens is 3. The molecule has 19 heavy (non-hydrogen) atoms. The van der Waals surface area contributed by atoms with Gasteiger partial charge in [0, 0.05) is 24.6 Å². The van der Waals surface area contributed by atoms with E-state index in [1.165, 1.54) is 0 Å². The minimum Gasteiger partial charge on any atom is -0.492 e. The number of ether oxygens (including phenoxy) is 1. The van der Waals surface area contributed by atoms with Gasteiger partial charge in [-0.3, -0.25) is 0 Å². The van der Waals surface area contributed by atoms with Crippen molar-refractivity contribution in [1.29, 1.82) is 0 Å². The smallest absolute Gasteiger partial charge is 0.150 e. The molecule has 1 aromatic carbocycles. The SMILES string of the molecule is CCc1nc(CC)n(CCOc2cccc(N)c2)n1. The van der Waals surface area contributed by atoms with Gasteiger partial charge in [0.1, 0.15) is 18.2 Å². The van der Waals surface area contributed by atoms with Crippen molar-refractivity contribution >= 4 is 5.69 Å². The van der Waals surface area contributed by atoms with E-state index in [4.69, 9.17) is 10.5 Å². The predicted octanol–water partition coefficient (Wildman–Crippen LogP) is 2.06. The van der Waals surface area contributed by atoms with Gasteiger partial charge in [0.05, 0.1) is 6.54 Å². The third kappa shape index (κ3) is 3.47. The van der Waals surface area contributed by atoms with Crippen LogP contribution in [0.5, 0.6) is 5.75 Å². The number of hydrogen-bond acceptors (Lipinski definition) is 4. The van der Waals surface area contributed by atoms with Crippen LogP contribution in [0.2, 0.25) is 0 Å². The van der Waals surface area contributed by atoms with Crippen LogP contribution in [0, 0.1) is 0 Å². The molecule has 1 aromatic heterocycles. The van der Waals surface area contributed by atoms with Crippen LogP contribution < -0.4 is 10.5 Å². The van der Waals surface area contributed by atoms with E-state index in [9.17, 15) is 0 Å². The van der Waals surface area contributed by atoms with E-state index in [1.54, 1.807) is 0 Å². The predicted molar refractivity (Wildman–Crippen MR) is 75.1 cm³/mol. The number of rotatable bonds is 6. The molecule has 2 N–H and O–H groups in total. The standard InChI is InChI=1S/C14H20N4O/c1-3-13-16-14(4-2)18(17-13)8-9-19-12-7-5-6-11(15)10-12/h5-7,10H,3-4,8-9,15H2,1-2H3. The summed E-state index contributed by atoms with van der Waals surface area (Å²) < 4.78 is 7.59. The third-order valence-corrected chi connectivity index (χ3v) is 2.85. The van der Waals surface area contributed by atoms with Crippen LogP contribution >= 0.6 is 0 Å². The summed E-state index contributed by atoms with van der Waals surface area (Å²) in [6.45, 7) is 5.40. The Bertz CT molecular complexity index is 536. The van der Waals surface area contributed by atoms with Gasteiger partial charge in [-0.15, -0.1) is 0 Å². The second-order valence-electron chi connectivity index (χ2n) is 4.30. The minimum absolute atomic E-state index is 0.558. The maximum Gasteiger partial charge on any atom is 0.150 e. The summed E-state index contributed by atoms with van der Waals surface area (Å²) in [6, 6.07) is 7.44. The summed E-state index contributed by atoms with van der Waals surface area (Å²) in [5.74, 6) is 2.68. The molecule has 2 rings (SSSR count). The molecule has 2 aromatic rings. The van der Waals surface area contributed by atoms with Gasteiger partial charge in [-0.2, -0.15) is 5.10 Å². The molecule has 0 amide bonds. The molecular formula is C14H20N4O. The Morgan fingerprint density at radius 1 is 1.26 bits per heavy atom. The number of anilines is 1. The first-order valence-corrected chi connectivity index (χ1v) is 6.63. The van der Waals surface area contributed by atoms with Crippen LogP contribution in [0.4, 0.5) is 5.69 Å². The highest BCUT2D eigenvalue weighted by molar-refractivity contribution is 5.43. The van der Waals surface area contributed by atoms with Gasteiger partial charge >= 0.3 is 0 Å². The quantitative estimate of drug-likeness (QED) is 0.807. The molecular weight excluding hydrogens is 240 g/mol. The highest BCUT2D eigenvalue weighted by Gasteiger charge is 2.06. The third-order valence-electron chi connectivity index (χ3n) is 2.85. The minimum atomic E-state index is 0.558. The monoisotopic (exact) mass is 260 g/mol. The Labute approximate surface area is 113 Å². The number of aryl methyl sites for hydroxylation is 2. The molecule has 0 fully saturated rings. The van der Waals surface area contributed by atoms with Crippen LogP contribution in [-0.4, -0.2) is 21.4 Å². The second-order valence-corrected chi connectivity index (χ2v) is 4.30. The van der Waals surface area contributed by atoms with Gasteiger partial charge in [0.25, 0.3) is 0 Å². The fourth-order valence-corrected chi connectivity index (χ4v) is 1.87. The van der Waals surface area contributed by atoms with Gasteiger partial charge in [-0.1, -0.05) is 19.9 Å². The summed E-state index contributed by atoms with van der Waals surface area (Å²) in [5, 5.41) is 4.45. The van der Waals surface area contributed by atoms with Gasteiger partial charge in [0.2, 0.25) is 0 Å². The first-order chi connectivity index (χ1) is 9.22. The molecule has 0 saturated heterocycles. The van der Waals surface area contributed by atoms with E-state index in [0.29, 0.717) is 18.8 Å². The van der Waals surface area contributed by atoms with Crippen molar-refractivity contribution in [2.45, 2.75) is 33.2 Å². The van der Waals surface area contributed by atoms with Crippen LogP contribution in [0.15, 0.2) is 24.3 Å². The molecule has 1 heterocycles. The second kappa shape index (κ2) is 6.22. The Kier molecular flexibility index (Phi) is 4.39. The fourth-order valence-electron chi connectivity index (χ4n) is 1.87. The largest absolute Gasteiger partial charge is 0.492 e. The molecule has 0 aliphatic carbocycles.